The van der Waals surface area contributed by atoms with Crippen LogP contribution in [0.3, 0.4) is 0 Å². The van der Waals surface area contributed by atoms with Crippen molar-refractivity contribution in [2.24, 2.45) is 0 Å². The second kappa shape index (κ2) is 5.46. The predicted molar refractivity (Wildman–Crippen MR) is 61.3 cm³/mol. The third-order valence-corrected chi connectivity index (χ3v) is 4.11. The molecule has 15 heavy (non-hydrogen) atoms. The van der Waals surface area contributed by atoms with Crippen LogP contribution in [0.2, 0.25) is 0 Å². The molecule has 0 saturated carbocycles. The van der Waals surface area contributed by atoms with Crippen LogP contribution in [-0.4, -0.2) is 28.5 Å². The molecule has 1 atom stereocenters. The molecule has 84 valence electrons. The molecule has 0 aliphatic carbocycles. The van der Waals surface area contributed by atoms with Crippen molar-refractivity contribution in [1.29, 1.82) is 0 Å². The van der Waals surface area contributed by atoms with Crippen LogP contribution in [0.25, 0.3) is 0 Å². The minimum absolute atomic E-state index is 0.233. The lowest BCUT2D eigenvalue weighted by atomic mass is 10.2. The fourth-order valence-corrected chi connectivity index (χ4v) is 2.91. The topological polar surface area (TPSA) is 52.1 Å². The van der Waals surface area contributed by atoms with E-state index < -0.39 is 0 Å². The van der Waals surface area contributed by atoms with E-state index in [2.05, 4.69) is 28.8 Å². The quantitative estimate of drug-likeness (QED) is 0.603. The number of aromatic nitrogens is 2. The van der Waals surface area contributed by atoms with Crippen LogP contribution in [-0.2, 0) is 9.53 Å². The van der Waals surface area contributed by atoms with E-state index >= 15 is 0 Å². The van der Waals surface area contributed by atoms with Crippen molar-refractivity contribution in [3.05, 3.63) is 5.01 Å². The van der Waals surface area contributed by atoms with Gasteiger partial charge in [-0.1, -0.05) is 36.9 Å². The minimum Gasteiger partial charge on any atom is -0.468 e. The molecule has 0 fully saturated rings. The van der Waals surface area contributed by atoms with Crippen LogP contribution >= 0.6 is 23.1 Å². The third kappa shape index (κ3) is 3.46. The molecular weight excluding hydrogens is 232 g/mol. The van der Waals surface area contributed by atoms with Gasteiger partial charge in [0.25, 0.3) is 0 Å². The van der Waals surface area contributed by atoms with E-state index in [0.717, 1.165) is 9.35 Å². The van der Waals surface area contributed by atoms with Gasteiger partial charge in [0.2, 0.25) is 0 Å². The highest BCUT2D eigenvalue weighted by molar-refractivity contribution is 8.02. The lowest BCUT2D eigenvalue weighted by Crippen LogP contribution is -2.14. The van der Waals surface area contributed by atoms with Crippen molar-refractivity contribution in [3.63, 3.8) is 0 Å². The molecule has 0 aliphatic heterocycles. The molecule has 0 spiro atoms. The predicted octanol–water partition coefficient (Wildman–Crippen LogP) is 2.32. The molecule has 1 rings (SSSR count). The fourth-order valence-electron chi connectivity index (χ4n) is 0.867. The molecule has 0 N–H and O–H groups in total. The number of carbonyl (C=O) groups excluding carboxylic acids is 1. The van der Waals surface area contributed by atoms with Gasteiger partial charge >= 0.3 is 5.97 Å². The van der Waals surface area contributed by atoms with Gasteiger partial charge in [-0.05, 0) is 6.92 Å². The standard InChI is InChI=1S/C9H14N2O2S2/c1-5(2)7-10-11-9(15-7)14-6(3)8(12)13-4/h5-6H,1-4H3. The van der Waals surface area contributed by atoms with Crippen molar-refractivity contribution in [3.8, 4) is 0 Å². The van der Waals surface area contributed by atoms with Gasteiger partial charge in [-0.15, -0.1) is 10.2 Å². The van der Waals surface area contributed by atoms with Gasteiger partial charge < -0.3 is 4.74 Å². The van der Waals surface area contributed by atoms with E-state index in [1.54, 1.807) is 6.92 Å². The molecule has 1 unspecified atom stereocenters. The minimum atomic E-state index is -0.235. The van der Waals surface area contributed by atoms with Gasteiger partial charge in [0.15, 0.2) is 4.34 Å². The van der Waals surface area contributed by atoms with E-state index in [1.165, 1.54) is 30.2 Å². The summed E-state index contributed by atoms with van der Waals surface area (Å²) in [5.74, 6) is 0.145. The number of thioether (sulfide) groups is 1. The molecule has 1 aromatic rings. The van der Waals surface area contributed by atoms with E-state index in [1.807, 2.05) is 0 Å². The molecule has 6 heteroatoms. The van der Waals surface area contributed by atoms with Crippen LogP contribution in [0.4, 0.5) is 0 Å². The number of methoxy groups -OCH3 is 1. The second-order valence-electron chi connectivity index (χ2n) is 3.34. The summed E-state index contributed by atoms with van der Waals surface area (Å²) in [6.45, 7) is 5.93. The van der Waals surface area contributed by atoms with Crippen molar-refractivity contribution in [2.45, 2.75) is 36.3 Å². The Bertz CT molecular complexity index is 339. The van der Waals surface area contributed by atoms with Crippen molar-refractivity contribution < 1.29 is 9.53 Å². The van der Waals surface area contributed by atoms with Gasteiger partial charge in [0.1, 0.15) is 10.3 Å². The number of esters is 1. The summed E-state index contributed by atoms with van der Waals surface area (Å²) in [5.41, 5.74) is 0. The summed E-state index contributed by atoms with van der Waals surface area (Å²) >= 11 is 2.92. The molecule has 0 bridgehead atoms. The summed E-state index contributed by atoms with van der Waals surface area (Å²) in [6, 6.07) is 0. The molecule has 4 nitrogen and oxygen atoms in total. The largest absolute Gasteiger partial charge is 0.468 e. The summed E-state index contributed by atoms with van der Waals surface area (Å²) in [5, 5.41) is 8.83. The molecule has 1 heterocycles. The first kappa shape index (κ1) is 12.4. The monoisotopic (exact) mass is 246 g/mol. The number of carbonyl (C=O) groups is 1. The van der Waals surface area contributed by atoms with Crippen LogP contribution < -0.4 is 0 Å². The molecule has 1 aromatic heterocycles. The maximum absolute atomic E-state index is 11.2. The van der Waals surface area contributed by atoms with E-state index in [9.17, 15) is 4.79 Å². The first-order valence-electron chi connectivity index (χ1n) is 4.62. The Balaban J connectivity index is 2.61. The summed E-state index contributed by atoms with van der Waals surface area (Å²) < 4.78 is 5.45. The molecule has 0 aliphatic rings. The smallest absolute Gasteiger partial charge is 0.318 e. The van der Waals surface area contributed by atoms with E-state index in [-0.39, 0.29) is 11.2 Å². The summed E-state index contributed by atoms with van der Waals surface area (Å²) in [6.07, 6.45) is 0. The Hall–Kier alpha value is -0.620. The lowest BCUT2D eigenvalue weighted by Gasteiger charge is -2.04. The Morgan fingerprint density at radius 3 is 2.53 bits per heavy atom. The van der Waals surface area contributed by atoms with Crippen LogP contribution in [0.1, 0.15) is 31.7 Å². The highest BCUT2D eigenvalue weighted by Gasteiger charge is 2.17. The van der Waals surface area contributed by atoms with Crippen molar-refractivity contribution >= 4 is 29.1 Å². The molecule has 0 saturated heterocycles. The number of nitrogens with zero attached hydrogens (tertiary/aromatic N) is 2. The molecular formula is C9H14N2O2S2. The fraction of sp³-hybridized carbons (Fsp3) is 0.667. The number of hydrogen-bond acceptors (Lipinski definition) is 6. The van der Waals surface area contributed by atoms with Crippen LogP contribution in [0, 0.1) is 0 Å². The summed E-state index contributed by atoms with van der Waals surface area (Å²) in [7, 11) is 1.39. The van der Waals surface area contributed by atoms with E-state index in [4.69, 9.17) is 0 Å². The first-order valence-corrected chi connectivity index (χ1v) is 6.32. The van der Waals surface area contributed by atoms with Crippen molar-refractivity contribution in [2.75, 3.05) is 7.11 Å². The lowest BCUT2D eigenvalue weighted by molar-refractivity contribution is -0.139. The van der Waals surface area contributed by atoms with Gasteiger partial charge in [-0.2, -0.15) is 0 Å². The van der Waals surface area contributed by atoms with Gasteiger partial charge in [-0.25, -0.2) is 0 Å². The molecule has 0 aromatic carbocycles. The Kier molecular flexibility index (Phi) is 4.53. The zero-order chi connectivity index (χ0) is 11.4. The maximum atomic E-state index is 11.2. The Morgan fingerprint density at radius 2 is 2.07 bits per heavy atom. The average molecular weight is 246 g/mol. The zero-order valence-electron chi connectivity index (χ0n) is 9.18. The second-order valence-corrected chi connectivity index (χ2v) is 5.94. The van der Waals surface area contributed by atoms with Gasteiger partial charge in [0.05, 0.1) is 7.11 Å². The number of hydrogen-bond donors (Lipinski definition) is 0. The first-order chi connectivity index (χ1) is 7.04. The van der Waals surface area contributed by atoms with Crippen LogP contribution in [0.5, 0.6) is 0 Å². The van der Waals surface area contributed by atoms with Gasteiger partial charge in [0, 0.05) is 5.92 Å². The highest BCUT2D eigenvalue weighted by atomic mass is 32.2. The number of rotatable bonds is 4. The summed E-state index contributed by atoms with van der Waals surface area (Å²) in [4.78, 5) is 11.2. The zero-order valence-corrected chi connectivity index (χ0v) is 10.8. The van der Waals surface area contributed by atoms with Crippen LogP contribution in [0.15, 0.2) is 4.34 Å². The Morgan fingerprint density at radius 1 is 1.40 bits per heavy atom. The third-order valence-electron chi connectivity index (χ3n) is 1.73. The van der Waals surface area contributed by atoms with Gasteiger partial charge in [-0.3, -0.25) is 4.79 Å². The normalized spacial score (nSPS) is 12.9. The van der Waals surface area contributed by atoms with E-state index in [0.29, 0.717) is 5.92 Å². The highest BCUT2D eigenvalue weighted by Crippen LogP contribution is 2.29. The Labute approximate surface area is 97.4 Å². The van der Waals surface area contributed by atoms with Crippen molar-refractivity contribution in [1.82, 2.24) is 10.2 Å². The number of ether oxygens (including phenoxy) is 1. The maximum Gasteiger partial charge on any atom is 0.318 e. The molecule has 0 radical (unpaired) electrons. The molecule has 0 amide bonds. The SMILES string of the molecule is COC(=O)C(C)Sc1nnc(C(C)C)s1. The average Bonchev–Trinajstić information content (AvgIpc) is 2.65.